The van der Waals surface area contributed by atoms with Gasteiger partial charge in [0.05, 0.1) is 16.4 Å². The second kappa shape index (κ2) is 9.21. The largest absolute Gasteiger partial charge is 0.465 e. The Bertz CT molecular complexity index is 1480. The minimum Gasteiger partial charge on any atom is -0.465 e. The molecular formula is C34H43N3O5. The third-order valence-corrected chi connectivity index (χ3v) is 12.4. The molecule has 0 spiro atoms. The number of aryl methyl sites for hydroxylation is 1. The summed E-state index contributed by atoms with van der Waals surface area (Å²) in [6.45, 7) is 13.9. The van der Waals surface area contributed by atoms with Crippen molar-refractivity contribution < 1.29 is 23.5 Å². The summed E-state index contributed by atoms with van der Waals surface area (Å²) < 4.78 is 11.6. The lowest BCUT2D eigenvalue weighted by Crippen LogP contribution is -2.62. The Morgan fingerprint density at radius 1 is 1.07 bits per heavy atom. The smallest absolute Gasteiger partial charge is 0.302 e. The molecule has 1 aromatic heterocycles. The molecule has 4 unspecified atom stereocenters. The molecule has 1 aromatic rings. The standard InChI is InChI=1S/C34H43N3O5/c1-19-36-37-29(42-19)34-11-8-22-27(23(34)16-30(3,4)12-13-34)24(39)14-26-31(22,5)10-9-25-32(26,6)15-21(17-35)28(40)33(25,7)18-41-20(2)38/h14-15,22-23,25,27H,8-13,16,18H2,1-7H3/t22?,23?,25?,27?,31-,32-,33-,34+/m0/s1. The number of allylic oxidation sites excluding steroid dienone is 4. The van der Waals surface area contributed by atoms with Crippen LogP contribution in [0.2, 0.25) is 0 Å². The highest BCUT2D eigenvalue weighted by Crippen LogP contribution is 2.70. The molecule has 5 aliphatic rings. The van der Waals surface area contributed by atoms with Gasteiger partial charge in [0.15, 0.2) is 11.6 Å². The highest BCUT2D eigenvalue weighted by Gasteiger charge is 2.67. The summed E-state index contributed by atoms with van der Waals surface area (Å²) in [5.74, 6) is 0.538. The van der Waals surface area contributed by atoms with Crippen molar-refractivity contribution in [2.45, 2.75) is 98.8 Å². The van der Waals surface area contributed by atoms with E-state index in [0.29, 0.717) is 11.8 Å². The number of carbonyl (C=O) groups is 3. The van der Waals surface area contributed by atoms with E-state index >= 15 is 0 Å². The van der Waals surface area contributed by atoms with Crippen LogP contribution in [0.25, 0.3) is 0 Å². The number of nitriles is 1. The van der Waals surface area contributed by atoms with Gasteiger partial charge < -0.3 is 9.15 Å². The van der Waals surface area contributed by atoms with Crippen molar-refractivity contribution in [1.29, 1.82) is 5.26 Å². The molecule has 5 aliphatic carbocycles. The third-order valence-electron chi connectivity index (χ3n) is 12.4. The first-order valence-electron chi connectivity index (χ1n) is 15.5. The van der Waals surface area contributed by atoms with Gasteiger partial charge in [-0.1, -0.05) is 39.3 Å². The lowest BCUT2D eigenvalue weighted by atomic mass is 9.38. The highest BCUT2D eigenvalue weighted by atomic mass is 16.5. The van der Waals surface area contributed by atoms with Gasteiger partial charge in [0, 0.05) is 25.2 Å². The van der Waals surface area contributed by atoms with E-state index in [-0.39, 0.29) is 63.7 Å². The molecule has 0 N–H and O–H groups in total. The predicted octanol–water partition coefficient (Wildman–Crippen LogP) is 6.00. The average molecular weight is 574 g/mol. The Labute approximate surface area is 248 Å². The second-order valence-electron chi connectivity index (χ2n) is 15.4. The zero-order valence-corrected chi connectivity index (χ0v) is 26.0. The molecule has 0 bridgehead atoms. The van der Waals surface area contributed by atoms with Crippen LogP contribution in [0, 0.1) is 63.6 Å². The van der Waals surface area contributed by atoms with Gasteiger partial charge in [-0.2, -0.15) is 5.26 Å². The molecule has 0 saturated heterocycles. The van der Waals surface area contributed by atoms with Gasteiger partial charge in [0.25, 0.3) is 0 Å². The number of hydrogen-bond acceptors (Lipinski definition) is 8. The highest BCUT2D eigenvalue weighted by molar-refractivity contribution is 6.05. The van der Waals surface area contributed by atoms with Crippen LogP contribution < -0.4 is 0 Å². The Balaban J connectivity index is 1.47. The Morgan fingerprint density at radius 2 is 1.81 bits per heavy atom. The zero-order valence-electron chi connectivity index (χ0n) is 26.0. The quantitative estimate of drug-likeness (QED) is 0.403. The fraction of sp³-hybridized carbons (Fsp3) is 0.706. The number of Topliss-reactive ketones (excluding diaryl/α,β-unsaturated/α-hetero) is 1. The van der Waals surface area contributed by atoms with E-state index in [4.69, 9.17) is 9.15 Å². The fourth-order valence-electron chi connectivity index (χ4n) is 10.4. The Hall–Kier alpha value is -3.08. The molecule has 42 heavy (non-hydrogen) atoms. The summed E-state index contributed by atoms with van der Waals surface area (Å²) in [5.41, 5.74) is -1.09. The topological polar surface area (TPSA) is 123 Å². The van der Waals surface area contributed by atoms with Crippen LogP contribution in [0.5, 0.6) is 0 Å². The van der Waals surface area contributed by atoms with Crippen LogP contribution in [0.4, 0.5) is 0 Å². The number of rotatable bonds is 3. The molecule has 3 fully saturated rings. The van der Waals surface area contributed by atoms with Gasteiger partial charge in [-0.15, -0.1) is 10.2 Å². The van der Waals surface area contributed by atoms with E-state index < -0.39 is 16.8 Å². The van der Waals surface area contributed by atoms with Crippen LogP contribution in [0.15, 0.2) is 27.7 Å². The maximum atomic E-state index is 14.5. The summed E-state index contributed by atoms with van der Waals surface area (Å²) in [4.78, 5) is 39.9. The van der Waals surface area contributed by atoms with Crippen molar-refractivity contribution in [1.82, 2.24) is 10.2 Å². The van der Waals surface area contributed by atoms with Crippen LogP contribution in [-0.2, 0) is 24.5 Å². The third kappa shape index (κ3) is 3.87. The molecular weight excluding hydrogens is 530 g/mol. The van der Waals surface area contributed by atoms with Gasteiger partial charge in [-0.3, -0.25) is 14.4 Å². The van der Waals surface area contributed by atoms with Crippen LogP contribution in [0.1, 0.15) is 98.3 Å². The lowest BCUT2D eigenvalue weighted by Gasteiger charge is -2.64. The van der Waals surface area contributed by atoms with Crippen LogP contribution >= 0.6 is 0 Å². The molecule has 3 saturated carbocycles. The lowest BCUT2D eigenvalue weighted by molar-refractivity contribution is -0.154. The maximum Gasteiger partial charge on any atom is 0.302 e. The summed E-state index contributed by atoms with van der Waals surface area (Å²) >= 11 is 0. The summed E-state index contributed by atoms with van der Waals surface area (Å²) in [5, 5.41) is 18.8. The molecule has 8 heteroatoms. The first kappa shape index (κ1) is 29.0. The number of esters is 1. The fourth-order valence-corrected chi connectivity index (χ4v) is 10.4. The molecule has 8 atom stereocenters. The number of ketones is 2. The van der Waals surface area contributed by atoms with Crippen molar-refractivity contribution in [2.75, 3.05) is 6.61 Å². The average Bonchev–Trinajstić information content (AvgIpc) is 3.37. The van der Waals surface area contributed by atoms with Gasteiger partial charge in [0.1, 0.15) is 12.7 Å². The normalized spacial score (nSPS) is 42.1. The number of fused-ring (bicyclic) bond motifs is 7. The van der Waals surface area contributed by atoms with Gasteiger partial charge in [-0.25, -0.2) is 0 Å². The summed E-state index contributed by atoms with van der Waals surface area (Å²) in [6.07, 6.45) is 9.96. The minimum atomic E-state index is -1.05. The number of carbonyl (C=O) groups excluding carboxylic acids is 3. The van der Waals surface area contributed by atoms with Crippen LogP contribution in [0.3, 0.4) is 0 Å². The first-order chi connectivity index (χ1) is 19.6. The van der Waals surface area contributed by atoms with Crippen molar-refractivity contribution in [2.24, 2.45) is 45.3 Å². The molecule has 224 valence electrons. The van der Waals surface area contributed by atoms with E-state index in [1.165, 1.54) is 6.92 Å². The number of nitrogens with zero attached hydrogens (tertiary/aromatic N) is 3. The molecule has 6 rings (SSSR count). The molecule has 0 radical (unpaired) electrons. The SMILES string of the molecule is CC(=O)OC[C@]1(C)C(=O)C(C#N)=C[C@]2(C)C3=CC(=O)C4C5CC(C)(C)CC[C@]5(c5nnc(C)o5)CCC4[C@]3(C)CCC21. The van der Waals surface area contributed by atoms with Gasteiger partial charge in [0.2, 0.25) is 11.8 Å². The van der Waals surface area contributed by atoms with Crippen LogP contribution in [-0.4, -0.2) is 34.3 Å². The van der Waals surface area contributed by atoms with E-state index in [2.05, 4.69) is 44.0 Å². The Morgan fingerprint density at radius 3 is 2.45 bits per heavy atom. The minimum absolute atomic E-state index is 0.0757. The second-order valence-corrected chi connectivity index (χ2v) is 15.4. The van der Waals surface area contributed by atoms with E-state index in [1.807, 2.05) is 26.0 Å². The van der Waals surface area contributed by atoms with E-state index in [1.54, 1.807) is 0 Å². The van der Waals surface area contributed by atoms with Crippen molar-refractivity contribution >= 4 is 17.5 Å². The predicted molar refractivity (Wildman–Crippen MR) is 154 cm³/mol. The van der Waals surface area contributed by atoms with E-state index in [9.17, 15) is 19.6 Å². The van der Waals surface area contributed by atoms with Gasteiger partial charge in [-0.05, 0) is 86.5 Å². The number of aromatic nitrogens is 2. The molecule has 1 heterocycles. The summed E-state index contributed by atoms with van der Waals surface area (Å²) in [6, 6.07) is 2.14. The molecule has 0 aromatic carbocycles. The van der Waals surface area contributed by atoms with Crippen molar-refractivity contribution in [3.63, 3.8) is 0 Å². The maximum absolute atomic E-state index is 14.5. The van der Waals surface area contributed by atoms with Crippen molar-refractivity contribution in [3.8, 4) is 6.07 Å². The molecule has 0 aliphatic heterocycles. The molecule has 8 nitrogen and oxygen atoms in total. The van der Waals surface area contributed by atoms with Crippen molar-refractivity contribution in [3.05, 3.63) is 35.1 Å². The number of hydrogen-bond donors (Lipinski definition) is 0. The number of ether oxygens (including phenoxy) is 1. The first-order valence-corrected chi connectivity index (χ1v) is 15.5. The monoisotopic (exact) mass is 573 g/mol. The Kier molecular flexibility index (Phi) is 6.36. The molecule has 0 amide bonds. The zero-order chi connectivity index (χ0) is 30.5. The summed E-state index contributed by atoms with van der Waals surface area (Å²) in [7, 11) is 0. The van der Waals surface area contributed by atoms with E-state index in [0.717, 1.165) is 50.5 Å². The van der Waals surface area contributed by atoms with Gasteiger partial charge >= 0.3 is 5.97 Å².